The van der Waals surface area contributed by atoms with E-state index >= 15 is 0 Å². The van der Waals surface area contributed by atoms with Crippen molar-refractivity contribution in [1.29, 1.82) is 0 Å². The molecule has 2 N–H and O–H groups in total. The number of rotatable bonds is 7. The molecule has 0 saturated carbocycles. The summed E-state index contributed by atoms with van der Waals surface area (Å²) in [5.41, 5.74) is 2.91. The number of aromatic nitrogens is 1. The van der Waals surface area contributed by atoms with Gasteiger partial charge in [-0.2, -0.15) is 0 Å². The third kappa shape index (κ3) is 6.24. The SMILES string of the molecule is CC1(C)CO[P](O)(Cc2ccc(NC(=O)CCc3cnoc3-c3ccc(F)cc3)cc2)OC1. The van der Waals surface area contributed by atoms with Gasteiger partial charge < -0.3 is 23.8 Å². The number of hydrogen-bond acceptors (Lipinski definition) is 6. The molecule has 2 aromatic carbocycles. The molecule has 0 atom stereocenters. The summed E-state index contributed by atoms with van der Waals surface area (Å²) in [6.07, 6.45) is 2.55. The van der Waals surface area contributed by atoms with Crippen molar-refractivity contribution in [2.24, 2.45) is 5.41 Å². The van der Waals surface area contributed by atoms with E-state index in [9.17, 15) is 14.1 Å². The van der Waals surface area contributed by atoms with Gasteiger partial charge in [-0.25, -0.2) is 4.39 Å². The maximum atomic E-state index is 13.2. The molecule has 0 bridgehead atoms. The monoisotopic (exact) mass is 473 g/mol. The fourth-order valence-corrected chi connectivity index (χ4v) is 5.43. The second-order valence-electron chi connectivity index (χ2n) is 8.94. The molecular formula is C24H27FN2O5P. The molecule has 1 saturated heterocycles. The van der Waals surface area contributed by atoms with Crippen molar-refractivity contribution in [3.63, 3.8) is 0 Å². The Morgan fingerprint density at radius 1 is 1.12 bits per heavy atom. The first kappa shape index (κ1) is 23.5. The number of nitrogens with zero attached hydrogens (tertiary/aromatic N) is 1. The highest BCUT2D eigenvalue weighted by atomic mass is 31.2. The zero-order chi connectivity index (χ0) is 23.5. The highest BCUT2D eigenvalue weighted by Crippen LogP contribution is 2.63. The molecule has 1 aliphatic rings. The van der Waals surface area contributed by atoms with E-state index in [-0.39, 0.29) is 23.6 Å². The van der Waals surface area contributed by atoms with Gasteiger partial charge in [0.05, 0.1) is 25.6 Å². The fourth-order valence-electron chi connectivity index (χ4n) is 3.39. The molecular weight excluding hydrogens is 446 g/mol. The molecule has 33 heavy (non-hydrogen) atoms. The van der Waals surface area contributed by atoms with Crippen LogP contribution in [0.1, 0.15) is 31.4 Å². The predicted molar refractivity (Wildman–Crippen MR) is 124 cm³/mol. The standard InChI is InChI=1S/C24H27FN2O5P/c1-24(2)15-30-33(29,31-16-24)14-17-3-10-21(11-4-17)27-22(28)12-7-19-13-26-32-23(19)18-5-8-20(25)9-6-18/h3-6,8-11,13,29H,7,12,14-16H2,1-2H3,(H,27,28). The van der Waals surface area contributed by atoms with Crippen LogP contribution in [0.2, 0.25) is 0 Å². The van der Waals surface area contributed by atoms with Crippen molar-refractivity contribution in [2.45, 2.75) is 32.9 Å². The average molecular weight is 473 g/mol. The second-order valence-corrected chi connectivity index (χ2v) is 11.0. The van der Waals surface area contributed by atoms with Gasteiger partial charge in [-0.05, 0) is 48.4 Å². The second kappa shape index (κ2) is 9.69. The molecule has 7 nitrogen and oxygen atoms in total. The zero-order valence-electron chi connectivity index (χ0n) is 18.6. The lowest BCUT2D eigenvalue weighted by molar-refractivity contribution is -0.116. The number of anilines is 1. The van der Waals surface area contributed by atoms with E-state index in [2.05, 4.69) is 10.5 Å². The fraction of sp³-hybridized carbons (Fsp3) is 0.333. The lowest BCUT2D eigenvalue weighted by Crippen LogP contribution is -2.31. The molecule has 2 heterocycles. The smallest absolute Gasteiger partial charge is 0.235 e. The minimum Gasteiger partial charge on any atom is -0.356 e. The summed E-state index contributed by atoms with van der Waals surface area (Å²) in [6, 6.07) is 13.2. The minimum absolute atomic E-state index is 0.104. The van der Waals surface area contributed by atoms with Crippen molar-refractivity contribution in [3.8, 4) is 11.3 Å². The molecule has 1 aliphatic heterocycles. The van der Waals surface area contributed by atoms with Crippen LogP contribution in [0, 0.1) is 11.2 Å². The Labute approximate surface area is 192 Å². The molecule has 1 radical (unpaired) electrons. The van der Waals surface area contributed by atoms with Crippen LogP contribution in [0.25, 0.3) is 11.3 Å². The van der Waals surface area contributed by atoms with Crippen LogP contribution in [-0.4, -0.2) is 29.2 Å². The van der Waals surface area contributed by atoms with E-state index in [1.54, 1.807) is 30.5 Å². The molecule has 3 aromatic rings. The molecule has 9 heteroatoms. The third-order valence-electron chi connectivity index (χ3n) is 5.31. The van der Waals surface area contributed by atoms with Gasteiger partial charge in [0.15, 0.2) is 5.76 Å². The minimum atomic E-state index is -2.90. The normalized spacial score (nSPS) is 17.0. The number of amides is 1. The van der Waals surface area contributed by atoms with Gasteiger partial charge in [0.1, 0.15) is 5.82 Å². The highest BCUT2D eigenvalue weighted by Gasteiger charge is 2.38. The van der Waals surface area contributed by atoms with Crippen molar-refractivity contribution in [3.05, 3.63) is 71.7 Å². The van der Waals surface area contributed by atoms with Crippen LogP contribution < -0.4 is 5.32 Å². The van der Waals surface area contributed by atoms with Crippen molar-refractivity contribution in [2.75, 3.05) is 18.5 Å². The zero-order valence-corrected chi connectivity index (χ0v) is 19.5. The molecule has 1 amide bonds. The van der Waals surface area contributed by atoms with E-state index in [0.717, 1.165) is 11.1 Å². The highest BCUT2D eigenvalue weighted by molar-refractivity contribution is 7.59. The summed E-state index contributed by atoms with van der Waals surface area (Å²) in [5, 5.41) is 6.68. The van der Waals surface area contributed by atoms with Crippen molar-refractivity contribution < 1.29 is 27.6 Å². The Kier molecular flexibility index (Phi) is 6.91. The van der Waals surface area contributed by atoms with Gasteiger partial charge in [0.25, 0.3) is 0 Å². The van der Waals surface area contributed by atoms with Gasteiger partial charge in [-0.3, -0.25) is 4.79 Å². The lowest BCUT2D eigenvalue weighted by Gasteiger charge is -2.40. The molecule has 1 aromatic heterocycles. The molecule has 1 fully saturated rings. The lowest BCUT2D eigenvalue weighted by atomic mass is 9.97. The topological polar surface area (TPSA) is 93.8 Å². The van der Waals surface area contributed by atoms with Crippen molar-refractivity contribution in [1.82, 2.24) is 5.16 Å². The molecule has 4 rings (SSSR count). The van der Waals surface area contributed by atoms with Crippen LogP contribution in [0.15, 0.2) is 59.3 Å². The third-order valence-corrected chi connectivity index (χ3v) is 7.14. The number of halogens is 1. The Morgan fingerprint density at radius 2 is 1.79 bits per heavy atom. The number of carbonyl (C=O) groups is 1. The maximum absolute atomic E-state index is 13.2. The predicted octanol–water partition coefficient (Wildman–Crippen LogP) is 5.38. The van der Waals surface area contributed by atoms with Crippen LogP contribution in [-0.2, 0) is 26.4 Å². The summed E-state index contributed by atoms with van der Waals surface area (Å²) in [7, 11) is -2.90. The van der Waals surface area contributed by atoms with E-state index < -0.39 is 7.94 Å². The van der Waals surface area contributed by atoms with Crippen LogP contribution >= 0.6 is 7.94 Å². The Morgan fingerprint density at radius 3 is 2.45 bits per heavy atom. The van der Waals surface area contributed by atoms with E-state index in [4.69, 9.17) is 13.6 Å². The number of aryl methyl sites for hydroxylation is 1. The van der Waals surface area contributed by atoms with Gasteiger partial charge in [-0.15, -0.1) is 0 Å². The van der Waals surface area contributed by atoms with E-state index in [1.807, 2.05) is 26.0 Å². The summed E-state index contributed by atoms with van der Waals surface area (Å²) in [6.45, 7) is 4.97. The van der Waals surface area contributed by atoms with Crippen LogP contribution in [0.4, 0.5) is 10.1 Å². The van der Waals surface area contributed by atoms with Gasteiger partial charge in [-0.1, -0.05) is 31.1 Å². The first-order valence-corrected chi connectivity index (χ1v) is 12.5. The largest absolute Gasteiger partial charge is 0.356 e. The maximum Gasteiger partial charge on any atom is 0.235 e. The quantitative estimate of drug-likeness (QED) is 0.448. The molecule has 0 aliphatic carbocycles. The molecule has 0 unspecified atom stereocenters. The van der Waals surface area contributed by atoms with E-state index in [1.165, 1.54) is 12.1 Å². The number of hydrogen-bond donors (Lipinski definition) is 2. The number of benzene rings is 2. The summed E-state index contributed by atoms with van der Waals surface area (Å²) in [4.78, 5) is 23.0. The first-order valence-electron chi connectivity index (χ1n) is 10.7. The van der Waals surface area contributed by atoms with Crippen molar-refractivity contribution >= 4 is 19.5 Å². The summed E-state index contributed by atoms with van der Waals surface area (Å²) >= 11 is 0. The summed E-state index contributed by atoms with van der Waals surface area (Å²) < 4.78 is 29.7. The first-order chi connectivity index (χ1) is 15.7. The number of nitrogens with one attached hydrogen (secondary N) is 1. The van der Waals surface area contributed by atoms with Gasteiger partial charge in [0, 0.05) is 28.7 Å². The van der Waals surface area contributed by atoms with Gasteiger partial charge >= 0.3 is 0 Å². The number of carbonyl (C=O) groups excluding carboxylic acids is 1. The van der Waals surface area contributed by atoms with Gasteiger partial charge in [0.2, 0.25) is 13.9 Å². The summed E-state index contributed by atoms with van der Waals surface area (Å²) in [5.74, 6) is 0.0502. The Bertz CT molecular complexity index is 1090. The average Bonchev–Trinajstić information content (AvgIpc) is 3.25. The van der Waals surface area contributed by atoms with Crippen LogP contribution in [0.3, 0.4) is 0 Å². The Hall–Kier alpha value is -2.64. The Balaban J connectivity index is 1.29. The molecule has 0 spiro atoms. The van der Waals surface area contributed by atoms with E-state index in [0.29, 0.717) is 42.8 Å². The molecule has 175 valence electrons. The van der Waals surface area contributed by atoms with Crippen LogP contribution in [0.5, 0.6) is 0 Å².